The molecule has 5 N–H and O–H groups in total. The molecule has 0 unspecified atom stereocenters. The highest BCUT2D eigenvalue weighted by atomic mass is 16.7. The number of aliphatic hydroxyl groups is 5. The molecule has 12 aliphatic rings. The van der Waals surface area contributed by atoms with Crippen molar-refractivity contribution in [1.29, 1.82) is 0 Å². The van der Waals surface area contributed by atoms with Gasteiger partial charge in [0.2, 0.25) is 0 Å². The molecule has 0 aromatic carbocycles. The van der Waals surface area contributed by atoms with Crippen LogP contribution < -0.4 is 0 Å². The van der Waals surface area contributed by atoms with E-state index in [-0.39, 0.29) is 65.2 Å². The second kappa shape index (κ2) is 13.1. The maximum absolute atomic E-state index is 12.9. The molecule has 11 nitrogen and oxygen atoms in total. The van der Waals surface area contributed by atoms with Gasteiger partial charge in [-0.15, -0.1) is 0 Å². The Morgan fingerprint density at radius 2 is 1.15 bits per heavy atom. The molecule has 13 rings (SSSR count). The molecule has 0 amide bonds. The van der Waals surface area contributed by atoms with Crippen molar-refractivity contribution in [2.24, 2.45) is 74.9 Å². The standard InChI is InChI=1S/C54H76N2O9/c1-27-45-41(64-52(27)15-13-46(3,59)25-62-52)19-35-31-11-9-29-17-37-39(23-48(29,5)33(31)20-42(57)50(35,45)7)55-38-18-30-10-12-32-34(49(30,6)24-40(38)56-37)21-43(58)51(8)36(32)22-44-54(51,61)28(2)53(65-44)16-14-47(4,60)26-63-53/h19,22,27-34,41-45,57-61H,9-18,20-21,23-26H2,1-8H3/t27-,28+,29-,30-,31+,32+,33-,34-,41-,42+,43+,44-,45-,46+,47-,48-,49-,50+,51+,52-,53+,54+/m0/s1. The zero-order valence-corrected chi connectivity index (χ0v) is 40.2. The van der Waals surface area contributed by atoms with Crippen LogP contribution in [0, 0.1) is 74.9 Å². The van der Waals surface area contributed by atoms with Crippen LogP contribution in [0.5, 0.6) is 0 Å². The van der Waals surface area contributed by atoms with E-state index in [1.807, 2.05) is 13.8 Å². The molecule has 4 saturated heterocycles. The van der Waals surface area contributed by atoms with Gasteiger partial charge in [0.15, 0.2) is 11.6 Å². The smallest absolute Gasteiger partial charge is 0.174 e. The first kappa shape index (κ1) is 43.2. The van der Waals surface area contributed by atoms with E-state index in [4.69, 9.17) is 28.9 Å². The summed E-state index contributed by atoms with van der Waals surface area (Å²) >= 11 is 0. The van der Waals surface area contributed by atoms with E-state index >= 15 is 0 Å². The molecule has 0 bridgehead atoms. The van der Waals surface area contributed by atoms with E-state index < -0.39 is 52.1 Å². The van der Waals surface area contributed by atoms with Gasteiger partial charge in [-0.2, -0.15) is 0 Å². The Hall–Kier alpha value is -1.80. The van der Waals surface area contributed by atoms with Crippen molar-refractivity contribution in [2.75, 3.05) is 13.2 Å². The Labute approximate surface area is 385 Å². The predicted octanol–water partition coefficient (Wildman–Crippen LogP) is 6.33. The predicted molar refractivity (Wildman–Crippen MR) is 240 cm³/mol. The normalized spacial score (nSPS) is 59.1. The number of aliphatic hydroxyl groups excluding tert-OH is 2. The average molecular weight is 897 g/mol. The molecular formula is C54H76N2O9. The monoisotopic (exact) mass is 897 g/mol. The third kappa shape index (κ3) is 5.25. The van der Waals surface area contributed by atoms with Gasteiger partial charge in [-0.3, -0.25) is 9.97 Å². The Balaban J connectivity index is 0.760. The Morgan fingerprint density at radius 3 is 1.71 bits per heavy atom. The highest BCUT2D eigenvalue weighted by Gasteiger charge is 2.77. The number of hydrogen-bond donors (Lipinski definition) is 5. The molecule has 2 spiro atoms. The Bertz CT molecular complexity index is 2270. The van der Waals surface area contributed by atoms with Crippen LogP contribution in [0.1, 0.15) is 142 Å². The molecule has 5 heterocycles. The molecule has 1 aromatic heterocycles. The van der Waals surface area contributed by atoms with Crippen molar-refractivity contribution in [3.05, 3.63) is 46.1 Å². The molecule has 4 saturated carbocycles. The number of hydrogen-bond acceptors (Lipinski definition) is 11. The second-order valence-electron chi connectivity index (χ2n) is 26.2. The average Bonchev–Trinajstić information content (AvgIpc) is 3.86. The second-order valence-corrected chi connectivity index (χ2v) is 26.2. The highest BCUT2D eigenvalue weighted by Crippen LogP contribution is 2.72. The van der Waals surface area contributed by atoms with Crippen molar-refractivity contribution in [1.82, 2.24) is 9.97 Å². The number of aromatic nitrogens is 2. The summed E-state index contributed by atoms with van der Waals surface area (Å²) in [5.74, 6) is 0.408. The van der Waals surface area contributed by atoms with Crippen LogP contribution in [0.4, 0.5) is 0 Å². The van der Waals surface area contributed by atoms with E-state index in [0.29, 0.717) is 55.8 Å². The zero-order valence-electron chi connectivity index (χ0n) is 40.2. The largest absolute Gasteiger partial charge is 0.392 e. The summed E-state index contributed by atoms with van der Waals surface area (Å²) in [6.07, 6.45) is 14.6. The molecule has 356 valence electrons. The summed E-state index contributed by atoms with van der Waals surface area (Å²) in [6, 6.07) is 0. The van der Waals surface area contributed by atoms with Gasteiger partial charge in [0, 0.05) is 41.4 Å². The summed E-state index contributed by atoms with van der Waals surface area (Å²) in [7, 11) is 0. The van der Waals surface area contributed by atoms with Gasteiger partial charge < -0.3 is 44.5 Å². The topological polar surface area (TPSA) is 164 Å². The van der Waals surface area contributed by atoms with E-state index in [9.17, 15) is 25.5 Å². The fraction of sp³-hybridized carbons (Fsp3) is 0.852. The fourth-order valence-corrected chi connectivity index (χ4v) is 19.0. The van der Waals surface area contributed by atoms with Crippen molar-refractivity contribution in [2.45, 2.75) is 198 Å². The van der Waals surface area contributed by atoms with Crippen molar-refractivity contribution in [3.63, 3.8) is 0 Å². The Morgan fingerprint density at radius 1 is 0.615 bits per heavy atom. The molecule has 8 fully saturated rings. The molecule has 4 aliphatic heterocycles. The first-order valence-corrected chi connectivity index (χ1v) is 26.0. The van der Waals surface area contributed by atoms with Gasteiger partial charge in [-0.25, -0.2) is 0 Å². The third-order valence-electron chi connectivity index (χ3n) is 23.2. The van der Waals surface area contributed by atoms with Crippen LogP contribution >= 0.6 is 0 Å². The van der Waals surface area contributed by atoms with Crippen LogP contribution in [-0.2, 0) is 44.6 Å². The summed E-state index contributed by atoms with van der Waals surface area (Å²) in [6.45, 7) is 17.8. The molecular weight excluding hydrogens is 821 g/mol. The fourth-order valence-electron chi connectivity index (χ4n) is 19.0. The third-order valence-corrected chi connectivity index (χ3v) is 23.2. The van der Waals surface area contributed by atoms with Gasteiger partial charge in [0.25, 0.3) is 0 Å². The van der Waals surface area contributed by atoms with Gasteiger partial charge in [0.1, 0.15) is 11.7 Å². The first-order chi connectivity index (χ1) is 30.5. The SMILES string of the molecule is C[C@@H]1[C@@]2(CC[C@](C)(O)CO2)O[C@H]2C=C3[C@@H]4CC[C@H]5Cc6nc7c(nc6C[C@]5(C)[C@H]4C[C@@H](O)[C@]3(C)[C@]21O)C[C@@H]1CC[C@H]2C3=C[C@@H]4O[C@@]5(CC[C@@](C)(O)CO5)[C@@H](C)[C@@H]4[C@@]3(C)[C@H](O)C[C@@H]2[C@@]1(C)C7. The summed E-state index contributed by atoms with van der Waals surface area (Å²) < 4.78 is 26.4. The maximum Gasteiger partial charge on any atom is 0.174 e. The first-order valence-electron chi connectivity index (χ1n) is 26.0. The quantitative estimate of drug-likeness (QED) is 0.185. The van der Waals surface area contributed by atoms with Crippen LogP contribution in [0.15, 0.2) is 23.3 Å². The van der Waals surface area contributed by atoms with Gasteiger partial charge in [-0.05, 0) is 137 Å². The van der Waals surface area contributed by atoms with E-state index in [2.05, 4.69) is 46.8 Å². The summed E-state index contributed by atoms with van der Waals surface area (Å²) in [4.78, 5) is 11.2. The van der Waals surface area contributed by atoms with E-state index in [1.54, 1.807) is 6.92 Å². The minimum Gasteiger partial charge on any atom is -0.392 e. The maximum atomic E-state index is 12.9. The lowest BCUT2D eigenvalue weighted by Crippen LogP contribution is -2.64. The lowest BCUT2D eigenvalue weighted by molar-refractivity contribution is -0.289. The van der Waals surface area contributed by atoms with Crippen LogP contribution in [-0.4, -0.2) is 102 Å². The van der Waals surface area contributed by atoms with Crippen LogP contribution in [0.25, 0.3) is 0 Å². The minimum absolute atomic E-state index is 0.0122. The number of nitrogens with zero attached hydrogens (tertiary/aromatic N) is 2. The molecule has 8 aliphatic carbocycles. The molecule has 0 radical (unpaired) electrons. The van der Waals surface area contributed by atoms with E-state index in [1.165, 1.54) is 28.2 Å². The molecule has 65 heavy (non-hydrogen) atoms. The zero-order chi connectivity index (χ0) is 45.4. The van der Waals surface area contributed by atoms with Gasteiger partial charge in [0.05, 0.1) is 65.5 Å². The summed E-state index contributed by atoms with van der Waals surface area (Å²) in [5.41, 5.74) is 3.00. The van der Waals surface area contributed by atoms with Crippen LogP contribution in [0.3, 0.4) is 0 Å². The lowest BCUT2D eigenvalue weighted by atomic mass is 9.44. The van der Waals surface area contributed by atoms with Crippen molar-refractivity contribution < 1.29 is 44.5 Å². The van der Waals surface area contributed by atoms with Crippen molar-refractivity contribution in [3.8, 4) is 0 Å². The Kier molecular flexibility index (Phi) is 8.73. The summed E-state index contributed by atoms with van der Waals surface area (Å²) in [5, 5.41) is 59.2. The number of rotatable bonds is 0. The van der Waals surface area contributed by atoms with Gasteiger partial charge >= 0.3 is 0 Å². The molecule has 22 atom stereocenters. The number of ether oxygens (including phenoxy) is 4. The van der Waals surface area contributed by atoms with Crippen LogP contribution in [0.2, 0.25) is 0 Å². The lowest BCUT2D eigenvalue weighted by Gasteiger charge is -2.61. The minimum atomic E-state index is -1.31. The molecule has 1 aromatic rings. The van der Waals surface area contributed by atoms with E-state index in [0.717, 1.165) is 63.5 Å². The van der Waals surface area contributed by atoms with Gasteiger partial charge in [-0.1, -0.05) is 64.8 Å². The number of fused-ring (bicyclic) bond motifs is 16. The van der Waals surface area contributed by atoms with Crippen molar-refractivity contribution >= 4 is 0 Å². The highest BCUT2D eigenvalue weighted by molar-refractivity contribution is 5.43. The molecule has 11 heteroatoms.